The highest BCUT2D eigenvalue weighted by Crippen LogP contribution is 2.37. The van der Waals surface area contributed by atoms with Crippen LogP contribution in [0.25, 0.3) is 11.1 Å². The van der Waals surface area contributed by atoms with Crippen LogP contribution in [0.2, 0.25) is 0 Å². The fourth-order valence-electron chi connectivity index (χ4n) is 3.39. The van der Waals surface area contributed by atoms with Crippen LogP contribution in [0, 0.1) is 13.8 Å². The third-order valence-corrected chi connectivity index (χ3v) is 5.89. The van der Waals surface area contributed by atoms with E-state index in [-0.39, 0.29) is 24.5 Å². The molecule has 0 radical (unpaired) electrons. The van der Waals surface area contributed by atoms with Gasteiger partial charge in [0.2, 0.25) is 5.91 Å². The van der Waals surface area contributed by atoms with Crippen molar-refractivity contribution < 1.29 is 28.7 Å². The van der Waals surface area contributed by atoms with Crippen LogP contribution < -0.4 is 10.6 Å². The summed E-state index contributed by atoms with van der Waals surface area (Å²) in [7, 11) is 0. The molecule has 1 heterocycles. The Morgan fingerprint density at radius 1 is 1.00 bits per heavy atom. The van der Waals surface area contributed by atoms with Crippen molar-refractivity contribution in [3.63, 3.8) is 0 Å². The molecule has 2 rings (SSSR count). The molecule has 0 saturated carbocycles. The van der Waals surface area contributed by atoms with Crippen molar-refractivity contribution in [1.82, 2.24) is 5.32 Å². The summed E-state index contributed by atoms with van der Waals surface area (Å²) in [4.78, 5) is 47.8. The fourth-order valence-corrected chi connectivity index (χ4v) is 4.35. The average molecular weight is 489 g/mol. The van der Waals surface area contributed by atoms with E-state index in [1.807, 2.05) is 37.4 Å². The minimum atomic E-state index is -0.529. The molecule has 2 aromatic rings. The van der Waals surface area contributed by atoms with E-state index in [1.54, 1.807) is 6.92 Å². The lowest BCUT2D eigenvalue weighted by Gasteiger charge is -2.11. The van der Waals surface area contributed by atoms with Crippen molar-refractivity contribution in [3.05, 3.63) is 40.3 Å². The standard InChI is InChI=1S/C25H32N2O6S/c1-5-32-25(31)23-20(19-11-10-16(2)13-17(19)3)15-34-24(23)27-21(29)14-33-22(30)9-7-6-8-12-26-18(4)28/h10-11,13,15H,5-9,12,14H2,1-4H3,(H,26,28)(H,27,29). The van der Waals surface area contributed by atoms with Crippen LogP contribution in [0.4, 0.5) is 5.00 Å². The van der Waals surface area contributed by atoms with Crippen molar-refractivity contribution in [2.45, 2.75) is 53.4 Å². The molecular weight excluding hydrogens is 456 g/mol. The molecule has 0 bridgehead atoms. The van der Waals surface area contributed by atoms with E-state index in [9.17, 15) is 19.2 Å². The molecule has 2 amide bonds. The molecule has 0 spiro atoms. The van der Waals surface area contributed by atoms with Crippen LogP contribution in [-0.2, 0) is 23.9 Å². The van der Waals surface area contributed by atoms with Crippen molar-refractivity contribution >= 4 is 40.1 Å². The SMILES string of the molecule is CCOC(=O)c1c(-c2ccc(C)cc2C)csc1NC(=O)COC(=O)CCCCCNC(C)=O. The Morgan fingerprint density at radius 3 is 2.44 bits per heavy atom. The molecule has 1 aromatic heterocycles. The predicted molar refractivity (Wildman–Crippen MR) is 132 cm³/mol. The summed E-state index contributed by atoms with van der Waals surface area (Å²) in [6, 6.07) is 5.94. The van der Waals surface area contributed by atoms with E-state index in [4.69, 9.17) is 9.47 Å². The number of esters is 2. The second-order valence-corrected chi connectivity index (χ2v) is 8.77. The van der Waals surface area contributed by atoms with Gasteiger partial charge in [-0.2, -0.15) is 0 Å². The molecule has 0 saturated heterocycles. The normalized spacial score (nSPS) is 10.5. The zero-order valence-corrected chi connectivity index (χ0v) is 20.9. The Kier molecular flexibility index (Phi) is 10.7. The zero-order valence-electron chi connectivity index (χ0n) is 20.1. The van der Waals surface area contributed by atoms with Crippen LogP contribution >= 0.6 is 11.3 Å². The summed E-state index contributed by atoms with van der Waals surface area (Å²) >= 11 is 1.22. The highest BCUT2D eigenvalue weighted by atomic mass is 32.1. The predicted octanol–water partition coefficient (Wildman–Crippen LogP) is 4.39. The number of aryl methyl sites for hydroxylation is 2. The number of nitrogens with one attached hydrogen (secondary N) is 2. The maximum absolute atomic E-state index is 12.7. The first kappa shape index (κ1) is 27.0. The number of hydrogen-bond acceptors (Lipinski definition) is 7. The van der Waals surface area contributed by atoms with Crippen molar-refractivity contribution in [2.24, 2.45) is 0 Å². The molecule has 9 heteroatoms. The number of anilines is 1. The van der Waals surface area contributed by atoms with Gasteiger partial charge in [0.15, 0.2) is 6.61 Å². The van der Waals surface area contributed by atoms with E-state index in [0.29, 0.717) is 23.5 Å². The van der Waals surface area contributed by atoms with Gasteiger partial charge in [-0.05, 0) is 44.7 Å². The van der Waals surface area contributed by atoms with E-state index in [1.165, 1.54) is 18.3 Å². The molecule has 1 aromatic carbocycles. The van der Waals surface area contributed by atoms with Crippen molar-refractivity contribution in [3.8, 4) is 11.1 Å². The van der Waals surface area contributed by atoms with E-state index >= 15 is 0 Å². The van der Waals surface area contributed by atoms with Gasteiger partial charge in [-0.3, -0.25) is 14.4 Å². The first-order chi connectivity index (χ1) is 16.2. The van der Waals surface area contributed by atoms with Crippen LogP contribution in [-0.4, -0.2) is 43.5 Å². The topological polar surface area (TPSA) is 111 Å². The van der Waals surface area contributed by atoms with Crippen LogP contribution in [0.3, 0.4) is 0 Å². The monoisotopic (exact) mass is 488 g/mol. The summed E-state index contributed by atoms with van der Waals surface area (Å²) < 4.78 is 10.3. The van der Waals surface area contributed by atoms with E-state index < -0.39 is 24.5 Å². The summed E-state index contributed by atoms with van der Waals surface area (Å²) in [6.07, 6.45) is 2.33. The molecule has 34 heavy (non-hydrogen) atoms. The van der Waals surface area contributed by atoms with Gasteiger partial charge in [-0.25, -0.2) is 4.79 Å². The van der Waals surface area contributed by atoms with Crippen LogP contribution in [0.5, 0.6) is 0 Å². The molecule has 0 aliphatic heterocycles. The second-order valence-electron chi connectivity index (χ2n) is 7.89. The molecule has 0 fully saturated rings. The second kappa shape index (κ2) is 13.5. The quantitative estimate of drug-likeness (QED) is 0.339. The van der Waals surface area contributed by atoms with Gasteiger partial charge in [-0.15, -0.1) is 11.3 Å². The number of amides is 2. The molecule has 0 unspecified atom stereocenters. The highest BCUT2D eigenvalue weighted by molar-refractivity contribution is 7.15. The largest absolute Gasteiger partial charge is 0.462 e. The lowest BCUT2D eigenvalue weighted by molar-refractivity contribution is -0.147. The lowest BCUT2D eigenvalue weighted by atomic mass is 9.97. The number of ether oxygens (including phenoxy) is 2. The first-order valence-corrected chi connectivity index (χ1v) is 12.2. The average Bonchev–Trinajstić information content (AvgIpc) is 3.17. The number of rotatable bonds is 12. The molecule has 8 nitrogen and oxygen atoms in total. The Labute approximate surface area is 204 Å². The minimum absolute atomic E-state index is 0.0802. The molecule has 2 N–H and O–H groups in total. The van der Waals surface area contributed by atoms with Gasteiger partial charge in [0, 0.05) is 30.8 Å². The summed E-state index contributed by atoms with van der Waals surface area (Å²) in [5.74, 6) is -1.60. The fraction of sp³-hybridized carbons (Fsp3) is 0.440. The number of thiophene rings is 1. The number of carbonyl (C=O) groups is 4. The number of benzene rings is 1. The Balaban J connectivity index is 1.97. The maximum Gasteiger partial charge on any atom is 0.341 e. The summed E-state index contributed by atoms with van der Waals surface area (Å²) in [5.41, 5.74) is 3.98. The Bertz CT molecular complexity index is 1030. The van der Waals surface area contributed by atoms with E-state index in [0.717, 1.165) is 29.5 Å². The van der Waals surface area contributed by atoms with Crippen molar-refractivity contribution in [1.29, 1.82) is 0 Å². The maximum atomic E-state index is 12.7. The van der Waals surface area contributed by atoms with Gasteiger partial charge in [-0.1, -0.05) is 30.2 Å². The van der Waals surface area contributed by atoms with Gasteiger partial charge in [0.25, 0.3) is 5.91 Å². The van der Waals surface area contributed by atoms with Crippen molar-refractivity contribution in [2.75, 3.05) is 25.1 Å². The molecular formula is C25H32N2O6S. The number of hydrogen-bond donors (Lipinski definition) is 2. The summed E-state index contributed by atoms with van der Waals surface area (Å²) in [5, 5.41) is 7.54. The molecule has 0 aliphatic carbocycles. The number of unbranched alkanes of at least 4 members (excludes halogenated alkanes) is 2. The smallest absolute Gasteiger partial charge is 0.341 e. The van der Waals surface area contributed by atoms with Gasteiger partial charge in [0.1, 0.15) is 10.6 Å². The Hall–Kier alpha value is -3.20. The molecule has 0 atom stereocenters. The first-order valence-electron chi connectivity index (χ1n) is 11.3. The third-order valence-electron chi connectivity index (χ3n) is 4.99. The van der Waals surface area contributed by atoms with Gasteiger partial charge < -0.3 is 20.1 Å². The third kappa shape index (κ3) is 8.30. The molecule has 0 aliphatic rings. The number of carbonyl (C=O) groups excluding carboxylic acids is 4. The summed E-state index contributed by atoms with van der Waals surface area (Å²) in [6.45, 7) is 7.47. The van der Waals surface area contributed by atoms with Crippen LogP contribution in [0.15, 0.2) is 23.6 Å². The van der Waals surface area contributed by atoms with Gasteiger partial charge in [0.05, 0.1) is 6.61 Å². The lowest BCUT2D eigenvalue weighted by Crippen LogP contribution is -2.22. The van der Waals surface area contributed by atoms with Crippen LogP contribution in [0.1, 0.15) is 61.0 Å². The van der Waals surface area contributed by atoms with Gasteiger partial charge >= 0.3 is 11.9 Å². The zero-order chi connectivity index (χ0) is 25.1. The minimum Gasteiger partial charge on any atom is -0.462 e. The highest BCUT2D eigenvalue weighted by Gasteiger charge is 2.24. The Morgan fingerprint density at radius 2 is 1.76 bits per heavy atom. The van der Waals surface area contributed by atoms with E-state index in [2.05, 4.69) is 10.6 Å². The molecule has 184 valence electrons.